The van der Waals surface area contributed by atoms with Crippen LogP contribution in [-0.4, -0.2) is 16.8 Å². The van der Waals surface area contributed by atoms with Gasteiger partial charge < -0.3 is 10.2 Å². The zero-order valence-electron chi connectivity index (χ0n) is 7.80. The molecule has 0 saturated heterocycles. The molecular weight excluding hydrogens is 190 g/mol. The molecule has 0 radical (unpaired) electrons. The molecule has 0 spiro atoms. The first-order chi connectivity index (χ1) is 6.60. The van der Waals surface area contributed by atoms with E-state index in [1.54, 1.807) is 6.92 Å². The molecule has 14 heavy (non-hydrogen) atoms. The Morgan fingerprint density at radius 2 is 1.79 bits per heavy atom. The minimum Gasteiger partial charge on any atom is -0.396 e. The third-order valence-electron chi connectivity index (χ3n) is 2.16. The maximum absolute atomic E-state index is 12.9. The van der Waals surface area contributed by atoms with Crippen molar-refractivity contribution in [2.24, 2.45) is 0 Å². The molecule has 0 bridgehead atoms. The van der Waals surface area contributed by atoms with Crippen molar-refractivity contribution in [2.75, 3.05) is 6.61 Å². The van der Waals surface area contributed by atoms with Crippen molar-refractivity contribution in [2.45, 2.75) is 19.4 Å². The lowest BCUT2D eigenvalue weighted by molar-refractivity contribution is 0.261. The molecule has 0 aliphatic carbocycles. The van der Waals surface area contributed by atoms with Crippen LogP contribution in [0.5, 0.6) is 0 Å². The first-order valence-corrected chi connectivity index (χ1v) is 4.29. The largest absolute Gasteiger partial charge is 0.396 e. The van der Waals surface area contributed by atoms with E-state index in [-0.39, 0.29) is 19.1 Å². The second-order valence-corrected chi connectivity index (χ2v) is 3.21. The zero-order chi connectivity index (χ0) is 10.7. The summed E-state index contributed by atoms with van der Waals surface area (Å²) in [6, 6.07) is 1.97. The van der Waals surface area contributed by atoms with Gasteiger partial charge in [0.2, 0.25) is 0 Å². The van der Waals surface area contributed by atoms with Crippen LogP contribution in [0.4, 0.5) is 8.78 Å². The number of hydrogen-bond donors (Lipinski definition) is 2. The van der Waals surface area contributed by atoms with Gasteiger partial charge in [0.1, 0.15) is 0 Å². The zero-order valence-corrected chi connectivity index (χ0v) is 7.80. The summed E-state index contributed by atoms with van der Waals surface area (Å²) in [5, 5.41) is 17.8. The van der Waals surface area contributed by atoms with Crippen molar-refractivity contribution in [1.29, 1.82) is 0 Å². The van der Waals surface area contributed by atoms with E-state index in [0.717, 1.165) is 12.1 Å². The normalized spacial score (nSPS) is 12.9. The van der Waals surface area contributed by atoms with Gasteiger partial charge in [-0.15, -0.1) is 0 Å². The molecule has 1 aromatic rings. The second-order valence-electron chi connectivity index (χ2n) is 3.21. The van der Waals surface area contributed by atoms with Crippen LogP contribution in [0, 0.1) is 11.6 Å². The Kier molecular flexibility index (Phi) is 3.55. The van der Waals surface area contributed by atoms with Crippen LogP contribution in [0.3, 0.4) is 0 Å². The van der Waals surface area contributed by atoms with E-state index in [2.05, 4.69) is 0 Å². The highest BCUT2D eigenvalue weighted by Crippen LogP contribution is 2.22. The van der Waals surface area contributed by atoms with Gasteiger partial charge in [-0.1, -0.05) is 6.92 Å². The summed E-state index contributed by atoms with van der Waals surface area (Å²) in [6.45, 7) is 1.14. The smallest absolute Gasteiger partial charge is 0.159 e. The van der Waals surface area contributed by atoms with Crippen molar-refractivity contribution >= 4 is 0 Å². The van der Waals surface area contributed by atoms with Gasteiger partial charge in [0.05, 0.1) is 6.61 Å². The van der Waals surface area contributed by atoms with E-state index < -0.39 is 11.6 Å². The number of aliphatic hydroxyl groups is 2. The van der Waals surface area contributed by atoms with E-state index in [1.165, 1.54) is 0 Å². The number of rotatable bonds is 3. The Bertz CT molecular complexity index is 326. The highest BCUT2D eigenvalue weighted by Gasteiger charge is 2.13. The monoisotopic (exact) mass is 202 g/mol. The summed E-state index contributed by atoms with van der Waals surface area (Å²) in [5.41, 5.74) is 0.749. The molecule has 78 valence electrons. The molecule has 0 heterocycles. The molecule has 2 N–H and O–H groups in total. The van der Waals surface area contributed by atoms with Crippen molar-refractivity contribution in [1.82, 2.24) is 0 Å². The minimum absolute atomic E-state index is 0.169. The Morgan fingerprint density at radius 1 is 1.21 bits per heavy atom. The first kappa shape index (κ1) is 11.1. The highest BCUT2D eigenvalue weighted by molar-refractivity contribution is 5.31. The van der Waals surface area contributed by atoms with Gasteiger partial charge in [-0.05, 0) is 23.3 Å². The van der Waals surface area contributed by atoms with Gasteiger partial charge in [0, 0.05) is 12.5 Å². The van der Waals surface area contributed by atoms with Gasteiger partial charge in [0.25, 0.3) is 0 Å². The molecule has 4 heteroatoms. The molecule has 1 unspecified atom stereocenters. The maximum atomic E-state index is 12.9. The van der Waals surface area contributed by atoms with Gasteiger partial charge in [-0.3, -0.25) is 0 Å². The maximum Gasteiger partial charge on any atom is 0.159 e. The Labute approximate surface area is 80.8 Å². The van der Waals surface area contributed by atoms with E-state index >= 15 is 0 Å². The SMILES string of the molecule is CC(CO)c1cc(F)c(F)cc1CO. The van der Waals surface area contributed by atoms with E-state index in [0.29, 0.717) is 11.1 Å². The van der Waals surface area contributed by atoms with Crippen LogP contribution in [-0.2, 0) is 6.61 Å². The molecule has 0 fully saturated rings. The lowest BCUT2D eigenvalue weighted by Crippen LogP contribution is -2.05. The van der Waals surface area contributed by atoms with Gasteiger partial charge in [-0.2, -0.15) is 0 Å². The van der Waals surface area contributed by atoms with Crippen LogP contribution < -0.4 is 0 Å². The summed E-state index contributed by atoms with van der Waals surface area (Å²) in [7, 11) is 0. The lowest BCUT2D eigenvalue weighted by Gasteiger charge is -2.13. The second kappa shape index (κ2) is 4.48. The van der Waals surface area contributed by atoms with Crippen LogP contribution in [0.2, 0.25) is 0 Å². The van der Waals surface area contributed by atoms with Crippen LogP contribution in [0.25, 0.3) is 0 Å². The van der Waals surface area contributed by atoms with Gasteiger partial charge in [0.15, 0.2) is 11.6 Å². The fraction of sp³-hybridized carbons (Fsp3) is 0.400. The molecule has 0 aromatic heterocycles. The van der Waals surface area contributed by atoms with Gasteiger partial charge in [-0.25, -0.2) is 8.78 Å². The standard InChI is InChI=1S/C10H12F2O2/c1-6(4-13)8-3-10(12)9(11)2-7(8)5-14/h2-3,6,13-14H,4-5H2,1H3. The van der Waals surface area contributed by atoms with E-state index in [4.69, 9.17) is 10.2 Å². The molecule has 1 aromatic carbocycles. The predicted octanol–water partition coefficient (Wildman–Crippen LogP) is 1.55. The highest BCUT2D eigenvalue weighted by atomic mass is 19.2. The molecule has 0 aliphatic heterocycles. The predicted molar refractivity (Wildman–Crippen MR) is 47.8 cm³/mol. The third kappa shape index (κ3) is 2.08. The summed E-state index contributed by atoms with van der Waals surface area (Å²) in [4.78, 5) is 0. The molecule has 0 aliphatic rings. The quantitative estimate of drug-likeness (QED) is 0.780. The third-order valence-corrected chi connectivity index (χ3v) is 2.16. The number of hydrogen-bond acceptors (Lipinski definition) is 2. The lowest BCUT2D eigenvalue weighted by atomic mass is 9.96. The molecule has 0 amide bonds. The minimum atomic E-state index is -0.983. The molecule has 0 saturated carbocycles. The molecule has 1 atom stereocenters. The topological polar surface area (TPSA) is 40.5 Å². The van der Waals surface area contributed by atoms with Crippen LogP contribution >= 0.6 is 0 Å². The Morgan fingerprint density at radius 3 is 2.29 bits per heavy atom. The van der Waals surface area contributed by atoms with Crippen molar-refractivity contribution in [3.05, 3.63) is 34.9 Å². The number of benzene rings is 1. The molecular formula is C10H12F2O2. The average Bonchev–Trinajstić information content (AvgIpc) is 2.20. The average molecular weight is 202 g/mol. The first-order valence-electron chi connectivity index (χ1n) is 4.29. The summed E-state index contributed by atoms with van der Waals surface area (Å²) in [5.74, 6) is -2.26. The molecule has 2 nitrogen and oxygen atoms in total. The number of halogens is 2. The van der Waals surface area contributed by atoms with E-state index in [1.807, 2.05) is 0 Å². The van der Waals surface area contributed by atoms with Crippen molar-refractivity contribution in [3.63, 3.8) is 0 Å². The summed E-state index contributed by atoms with van der Waals surface area (Å²) >= 11 is 0. The van der Waals surface area contributed by atoms with Crippen LogP contribution in [0.15, 0.2) is 12.1 Å². The Hall–Kier alpha value is -1.00. The van der Waals surface area contributed by atoms with E-state index in [9.17, 15) is 8.78 Å². The summed E-state index contributed by atoms with van der Waals surface area (Å²) in [6.07, 6.45) is 0. The summed E-state index contributed by atoms with van der Waals surface area (Å²) < 4.78 is 25.6. The molecule has 1 rings (SSSR count). The van der Waals surface area contributed by atoms with Gasteiger partial charge >= 0.3 is 0 Å². The van der Waals surface area contributed by atoms with Crippen molar-refractivity contribution in [3.8, 4) is 0 Å². The Balaban J connectivity index is 3.19. The fourth-order valence-corrected chi connectivity index (χ4v) is 1.30. The van der Waals surface area contributed by atoms with Crippen LogP contribution in [0.1, 0.15) is 24.0 Å². The van der Waals surface area contributed by atoms with Crippen molar-refractivity contribution < 1.29 is 19.0 Å². The fourth-order valence-electron chi connectivity index (χ4n) is 1.30. The number of aliphatic hydroxyl groups excluding tert-OH is 2.